The summed E-state index contributed by atoms with van der Waals surface area (Å²) >= 11 is 0. The highest BCUT2D eigenvalue weighted by Gasteiger charge is 2.20. The number of nitrogens with zero attached hydrogens (tertiary/aromatic N) is 2. The van der Waals surface area contributed by atoms with Gasteiger partial charge in [-0.15, -0.1) is 0 Å². The molecule has 2 heterocycles. The third-order valence-corrected chi connectivity index (χ3v) is 2.84. The van der Waals surface area contributed by atoms with Gasteiger partial charge in [-0.05, 0) is 6.42 Å². The van der Waals surface area contributed by atoms with E-state index in [2.05, 4.69) is 14.9 Å². The first-order valence-electron chi connectivity index (χ1n) is 5.46. The van der Waals surface area contributed by atoms with Crippen LogP contribution in [0.2, 0.25) is 0 Å². The number of carbonyl (C=O) groups is 1. The Morgan fingerprint density at radius 2 is 2.47 bits per heavy atom. The Kier molecular flexibility index (Phi) is 2.75. The van der Waals surface area contributed by atoms with Crippen LogP contribution in [0.1, 0.15) is 26.0 Å². The summed E-state index contributed by atoms with van der Waals surface area (Å²) in [5.41, 5.74) is 1.22. The van der Waals surface area contributed by atoms with Gasteiger partial charge in [0, 0.05) is 36.8 Å². The molecule has 1 aromatic heterocycles. The summed E-state index contributed by atoms with van der Waals surface area (Å²) in [4.78, 5) is 15.6. The van der Waals surface area contributed by atoms with Gasteiger partial charge in [-0.25, -0.2) is 4.98 Å². The molecule has 0 aliphatic carbocycles. The van der Waals surface area contributed by atoms with E-state index in [1.165, 1.54) is 5.69 Å². The zero-order valence-corrected chi connectivity index (χ0v) is 9.23. The fourth-order valence-corrected chi connectivity index (χ4v) is 1.86. The molecule has 1 unspecified atom stereocenters. The van der Waals surface area contributed by atoms with Crippen molar-refractivity contribution in [3.05, 3.63) is 18.2 Å². The maximum atomic E-state index is 11.5. The number of carbonyl (C=O) groups excluding carboxylic acids is 1. The van der Waals surface area contributed by atoms with Crippen molar-refractivity contribution in [3.8, 4) is 0 Å². The standard InChI is InChI=1S/C11H17N3O/c1-8(2)11(15)13-9-3-4-14-7-12-6-10(14)5-9/h6-9H,3-5H2,1-2H3,(H,13,15). The summed E-state index contributed by atoms with van der Waals surface area (Å²) in [5, 5.41) is 3.07. The molecule has 1 N–H and O–H groups in total. The second-order valence-corrected chi connectivity index (χ2v) is 4.43. The molecule has 0 saturated heterocycles. The lowest BCUT2D eigenvalue weighted by Gasteiger charge is -2.25. The van der Waals surface area contributed by atoms with Gasteiger partial charge in [0.1, 0.15) is 0 Å². The molecule has 82 valence electrons. The first-order chi connectivity index (χ1) is 7.16. The van der Waals surface area contributed by atoms with Gasteiger partial charge in [0.05, 0.1) is 6.33 Å². The van der Waals surface area contributed by atoms with Crippen LogP contribution < -0.4 is 5.32 Å². The third kappa shape index (κ3) is 2.19. The lowest BCUT2D eigenvalue weighted by molar-refractivity contribution is -0.124. The first-order valence-corrected chi connectivity index (χ1v) is 5.46. The molecule has 0 bridgehead atoms. The van der Waals surface area contributed by atoms with E-state index < -0.39 is 0 Å². The molecular weight excluding hydrogens is 190 g/mol. The van der Waals surface area contributed by atoms with Crippen LogP contribution in [-0.2, 0) is 17.8 Å². The Balaban J connectivity index is 1.96. The predicted molar refractivity (Wildman–Crippen MR) is 57.3 cm³/mol. The Bertz CT molecular complexity index is 356. The molecule has 1 aliphatic heterocycles. The van der Waals surface area contributed by atoms with Crippen LogP contribution in [0.25, 0.3) is 0 Å². The van der Waals surface area contributed by atoms with Crippen molar-refractivity contribution >= 4 is 5.91 Å². The number of aromatic nitrogens is 2. The number of nitrogens with one attached hydrogen (secondary N) is 1. The number of imidazole rings is 1. The van der Waals surface area contributed by atoms with Crippen LogP contribution in [-0.4, -0.2) is 21.5 Å². The fourth-order valence-electron chi connectivity index (χ4n) is 1.86. The second kappa shape index (κ2) is 4.04. The molecule has 4 heteroatoms. The van der Waals surface area contributed by atoms with E-state index in [0.717, 1.165) is 19.4 Å². The maximum absolute atomic E-state index is 11.5. The van der Waals surface area contributed by atoms with Gasteiger partial charge in [-0.1, -0.05) is 13.8 Å². The topological polar surface area (TPSA) is 46.9 Å². The quantitative estimate of drug-likeness (QED) is 0.785. The number of hydrogen-bond acceptors (Lipinski definition) is 2. The van der Waals surface area contributed by atoms with E-state index >= 15 is 0 Å². The van der Waals surface area contributed by atoms with E-state index in [0.29, 0.717) is 0 Å². The van der Waals surface area contributed by atoms with Gasteiger partial charge in [-0.3, -0.25) is 4.79 Å². The van der Waals surface area contributed by atoms with Crippen molar-refractivity contribution in [2.45, 2.75) is 39.3 Å². The van der Waals surface area contributed by atoms with Crippen LogP contribution in [0.15, 0.2) is 12.5 Å². The molecule has 2 rings (SSSR count). The van der Waals surface area contributed by atoms with Gasteiger partial charge in [0.15, 0.2) is 0 Å². The minimum Gasteiger partial charge on any atom is -0.353 e. The SMILES string of the molecule is CC(C)C(=O)NC1CCn2cncc2C1. The lowest BCUT2D eigenvalue weighted by Crippen LogP contribution is -2.41. The molecule has 15 heavy (non-hydrogen) atoms. The zero-order chi connectivity index (χ0) is 10.8. The van der Waals surface area contributed by atoms with Crippen LogP contribution in [0.4, 0.5) is 0 Å². The van der Waals surface area contributed by atoms with Crippen molar-refractivity contribution in [1.29, 1.82) is 0 Å². The summed E-state index contributed by atoms with van der Waals surface area (Å²) < 4.78 is 2.15. The number of hydrogen-bond donors (Lipinski definition) is 1. The average molecular weight is 207 g/mol. The van der Waals surface area contributed by atoms with Crippen LogP contribution in [0, 0.1) is 5.92 Å². The number of fused-ring (bicyclic) bond motifs is 1. The Morgan fingerprint density at radius 3 is 3.20 bits per heavy atom. The van der Waals surface area contributed by atoms with Gasteiger partial charge in [-0.2, -0.15) is 0 Å². The highest BCUT2D eigenvalue weighted by atomic mass is 16.1. The number of rotatable bonds is 2. The molecule has 0 spiro atoms. The zero-order valence-electron chi connectivity index (χ0n) is 9.23. The Hall–Kier alpha value is -1.32. The summed E-state index contributed by atoms with van der Waals surface area (Å²) in [5.74, 6) is 0.213. The lowest BCUT2D eigenvalue weighted by atomic mass is 10.0. The smallest absolute Gasteiger partial charge is 0.222 e. The summed E-state index contributed by atoms with van der Waals surface area (Å²) in [7, 11) is 0. The average Bonchev–Trinajstić information content (AvgIpc) is 2.64. The second-order valence-electron chi connectivity index (χ2n) is 4.43. The molecule has 1 amide bonds. The molecule has 0 aromatic carbocycles. The molecule has 1 aliphatic rings. The van der Waals surface area contributed by atoms with Gasteiger partial charge in [0.25, 0.3) is 0 Å². The van der Waals surface area contributed by atoms with Crippen LogP contribution >= 0.6 is 0 Å². The fraction of sp³-hybridized carbons (Fsp3) is 0.636. The predicted octanol–water partition coefficient (Wildman–Crippen LogP) is 0.970. The molecule has 1 atom stereocenters. The van der Waals surface area contributed by atoms with E-state index in [-0.39, 0.29) is 17.9 Å². The van der Waals surface area contributed by atoms with Crippen LogP contribution in [0.3, 0.4) is 0 Å². The summed E-state index contributed by atoms with van der Waals surface area (Å²) in [6.07, 6.45) is 5.64. The van der Waals surface area contributed by atoms with Gasteiger partial charge < -0.3 is 9.88 Å². The Morgan fingerprint density at radius 1 is 1.67 bits per heavy atom. The highest BCUT2D eigenvalue weighted by Crippen LogP contribution is 2.14. The van der Waals surface area contributed by atoms with Gasteiger partial charge in [0.2, 0.25) is 5.91 Å². The first kappa shape index (κ1) is 10.2. The molecular formula is C11H17N3O. The minimum absolute atomic E-state index is 0.0665. The van der Waals surface area contributed by atoms with Gasteiger partial charge >= 0.3 is 0 Å². The van der Waals surface area contributed by atoms with Crippen LogP contribution in [0.5, 0.6) is 0 Å². The van der Waals surface area contributed by atoms with E-state index in [9.17, 15) is 4.79 Å². The number of aryl methyl sites for hydroxylation is 1. The molecule has 0 saturated carbocycles. The minimum atomic E-state index is 0.0665. The van der Waals surface area contributed by atoms with E-state index in [1.807, 2.05) is 26.4 Å². The van der Waals surface area contributed by atoms with E-state index in [4.69, 9.17) is 0 Å². The molecule has 0 radical (unpaired) electrons. The van der Waals surface area contributed by atoms with Crippen molar-refractivity contribution < 1.29 is 4.79 Å². The van der Waals surface area contributed by atoms with E-state index in [1.54, 1.807) is 0 Å². The largest absolute Gasteiger partial charge is 0.353 e. The van der Waals surface area contributed by atoms with Crippen molar-refractivity contribution in [2.24, 2.45) is 5.92 Å². The molecule has 4 nitrogen and oxygen atoms in total. The van der Waals surface area contributed by atoms with Crippen molar-refractivity contribution in [1.82, 2.24) is 14.9 Å². The number of amides is 1. The van der Waals surface area contributed by atoms with Crippen molar-refractivity contribution in [2.75, 3.05) is 0 Å². The monoisotopic (exact) mass is 207 g/mol. The summed E-state index contributed by atoms with van der Waals surface area (Å²) in [6.45, 7) is 4.79. The Labute approximate surface area is 89.7 Å². The third-order valence-electron chi connectivity index (χ3n) is 2.84. The normalized spacial score (nSPS) is 20.1. The summed E-state index contributed by atoms with van der Waals surface area (Å²) in [6, 6.07) is 0.282. The maximum Gasteiger partial charge on any atom is 0.222 e. The van der Waals surface area contributed by atoms with Crippen molar-refractivity contribution in [3.63, 3.8) is 0 Å². The highest BCUT2D eigenvalue weighted by molar-refractivity contribution is 5.78. The molecule has 1 aromatic rings. The molecule has 0 fully saturated rings.